The number of carbonyl (C=O) groups excluding carboxylic acids is 1. The summed E-state index contributed by atoms with van der Waals surface area (Å²) in [4.78, 5) is 15.2. The maximum atomic E-state index is 13.4. The zero-order chi connectivity index (χ0) is 17.9. The van der Waals surface area contributed by atoms with Crippen LogP contribution in [0.25, 0.3) is 10.8 Å². The number of benzene rings is 4. The van der Waals surface area contributed by atoms with Gasteiger partial charge in [-0.25, -0.2) is 0 Å². The summed E-state index contributed by atoms with van der Waals surface area (Å²) in [5.74, 6) is -0.111. The van der Waals surface area contributed by atoms with Crippen molar-refractivity contribution in [1.82, 2.24) is 0 Å². The highest BCUT2D eigenvalue weighted by Crippen LogP contribution is 2.33. The van der Waals surface area contributed by atoms with E-state index in [0.29, 0.717) is 11.3 Å². The first-order chi connectivity index (χ1) is 12.7. The summed E-state index contributed by atoms with van der Waals surface area (Å²) in [7, 11) is 0. The highest BCUT2D eigenvalue weighted by Gasteiger charge is 2.21. The molecule has 0 aliphatic rings. The zero-order valence-electron chi connectivity index (χ0n) is 14.2. The topological polar surface area (TPSA) is 46.3 Å². The summed E-state index contributed by atoms with van der Waals surface area (Å²) in [5, 5.41) is 2.11. The molecule has 3 nitrogen and oxygen atoms in total. The van der Waals surface area contributed by atoms with Crippen LogP contribution in [-0.2, 0) is 0 Å². The summed E-state index contributed by atoms with van der Waals surface area (Å²) in [6, 6.07) is 30.8. The maximum absolute atomic E-state index is 13.4. The SMILES string of the molecule is Nc1cccc(C(=O)N(c2ccccc2)c2cccc3ccccc23)c1. The van der Waals surface area contributed by atoms with Crippen LogP contribution < -0.4 is 10.6 Å². The van der Waals surface area contributed by atoms with Crippen molar-refractivity contribution in [3.05, 3.63) is 103 Å². The molecule has 0 aliphatic heterocycles. The molecule has 26 heavy (non-hydrogen) atoms. The Bertz CT molecular complexity index is 1070. The molecule has 126 valence electrons. The molecular weight excluding hydrogens is 320 g/mol. The van der Waals surface area contributed by atoms with Gasteiger partial charge in [0.15, 0.2) is 0 Å². The zero-order valence-corrected chi connectivity index (χ0v) is 14.2. The number of rotatable bonds is 3. The van der Waals surface area contributed by atoms with Crippen molar-refractivity contribution in [2.75, 3.05) is 10.6 Å². The number of hydrogen-bond donors (Lipinski definition) is 1. The fourth-order valence-corrected chi connectivity index (χ4v) is 3.15. The van der Waals surface area contributed by atoms with Crippen LogP contribution in [-0.4, -0.2) is 5.91 Å². The van der Waals surface area contributed by atoms with Crippen molar-refractivity contribution in [3.63, 3.8) is 0 Å². The molecule has 0 fully saturated rings. The van der Waals surface area contributed by atoms with Crippen LogP contribution in [0.5, 0.6) is 0 Å². The minimum absolute atomic E-state index is 0.111. The summed E-state index contributed by atoms with van der Waals surface area (Å²) in [6.07, 6.45) is 0. The van der Waals surface area contributed by atoms with E-state index >= 15 is 0 Å². The summed E-state index contributed by atoms with van der Waals surface area (Å²) >= 11 is 0. The van der Waals surface area contributed by atoms with E-state index in [1.165, 1.54) is 0 Å². The molecule has 4 aromatic carbocycles. The van der Waals surface area contributed by atoms with E-state index in [4.69, 9.17) is 5.73 Å². The molecule has 0 bridgehead atoms. The van der Waals surface area contributed by atoms with Crippen molar-refractivity contribution < 1.29 is 4.79 Å². The smallest absolute Gasteiger partial charge is 0.262 e. The second-order valence-electron chi connectivity index (χ2n) is 6.10. The van der Waals surface area contributed by atoms with E-state index in [9.17, 15) is 4.79 Å². The average Bonchev–Trinajstić information content (AvgIpc) is 2.69. The molecule has 0 radical (unpaired) electrons. The molecule has 4 rings (SSSR count). The lowest BCUT2D eigenvalue weighted by Crippen LogP contribution is -2.26. The summed E-state index contributed by atoms with van der Waals surface area (Å²) < 4.78 is 0. The minimum atomic E-state index is -0.111. The number of nitrogens with zero attached hydrogens (tertiary/aromatic N) is 1. The molecule has 0 aromatic heterocycles. The van der Waals surface area contributed by atoms with Crippen LogP contribution in [0, 0.1) is 0 Å². The van der Waals surface area contributed by atoms with E-state index in [2.05, 4.69) is 0 Å². The predicted octanol–water partition coefficient (Wildman–Crippen LogP) is 5.40. The Morgan fingerprint density at radius 3 is 2.23 bits per heavy atom. The predicted molar refractivity (Wildman–Crippen MR) is 108 cm³/mol. The van der Waals surface area contributed by atoms with E-state index in [1.54, 1.807) is 29.2 Å². The number of para-hydroxylation sites is 1. The van der Waals surface area contributed by atoms with Crippen molar-refractivity contribution >= 4 is 33.7 Å². The molecule has 0 aliphatic carbocycles. The Labute approximate surface area is 152 Å². The molecule has 0 heterocycles. The Balaban J connectivity index is 1.93. The lowest BCUT2D eigenvalue weighted by Gasteiger charge is -2.25. The van der Waals surface area contributed by atoms with Gasteiger partial charge in [-0.3, -0.25) is 9.69 Å². The second kappa shape index (κ2) is 6.73. The molecule has 0 unspecified atom stereocenters. The van der Waals surface area contributed by atoms with Gasteiger partial charge in [0, 0.05) is 22.3 Å². The quantitative estimate of drug-likeness (QED) is 0.508. The Morgan fingerprint density at radius 2 is 1.42 bits per heavy atom. The Morgan fingerprint density at radius 1 is 0.731 bits per heavy atom. The highest BCUT2D eigenvalue weighted by molar-refractivity contribution is 6.15. The van der Waals surface area contributed by atoms with E-state index < -0.39 is 0 Å². The number of fused-ring (bicyclic) bond motifs is 1. The first-order valence-electron chi connectivity index (χ1n) is 8.47. The fraction of sp³-hybridized carbons (Fsp3) is 0. The van der Waals surface area contributed by atoms with Gasteiger partial charge in [-0.2, -0.15) is 0 Å². The maximum Gasteiger partial charge on any atom is 0.262 e. The molecule has 1 amide bonds. The molecule has 0 saturated carbocycles. The summed E-state index contributed by atoms with van der Waals surface area (Å²) in [5.41, 5.74) is 8.69. The van der Waals surface area contributed by atoms with Crippen LogP contribution in [0.1, 0.15) is 10.4 Å². The van der Waals surface area contributed by atoms with Crippen LogP contribution in [0.2, 0.25) is 0 Å². The molecule has 4 aromatic rings. The molecule has 0 saturated heterocycles. The van der Waals surface area contributed by atoms with Crippen LogP contribution in [0.3, 0.4) is 0 Å². The van der Waals surface area contributed by atoms with Crippen molar-refractivity contribution in [3.8, 4) is 0 Å². The van der Waals surface area contributed by atoms with Gasteiger partial charge in [-0.1, -0.05) is 60.7 Å². The summed E-state index contributed by atoms with van der Waals surface area (Å²) in [6.45, 7) is 0. The highest BCUT2D eigenvalue weighted by atomic mass is 16.2. The van der Waals surface area contributed by atoms with Crippen molar-refractivity contribution in [1.29, 1.82) is 0 Å². The van der Waals surface area contributed by atoms with Gasteiger partial charge < -0.3 is 5.73 Å². The van der Waals surface area contributed by atoms with Crippen LogP contribution in [0.4, 0.5) is 17.1 Å². The van der Waals surface area contributed by atoms with Crippen molar-refractivity contribution in [2.24, 2.45) is 0 Å². The standard InChI is InChI=1S/C23H18N2O/c24-19-11-6-10-18(16-19)23(26)25(20-12-2-1-3-13-20)22-15-7-9-17-8-4-5-14-21(17)22/h1-16H,24H2. The van der Waals surface area contributed by atoms with Gasteiger partial charge in [0.1, 0.15) is 0 Å². The van der Waals surface area contributed by atoms with Crippen molar-refractivity contribution in [2.45, 2.75) is 0 Å². The van der Waals surface area contributed by atoms with E-state index in [1.807, 2.05) is 72.8 Å². The third-order valence-corrected chi connectivity index (χ3v) is 4.36. The van der Waals surface area contributed by atoms with Gasteiger partial charge in [0.2, 0.25) is 0 Å². The fourth-order valence-electron chi connectivity index (χ4n) is 3.15. The number of nitrogen functional groups attached to an aromatic ring is 1. The third-order valence-electron chi connectivity index (χ3n) is 4.36. The second-order valence-corrected chi connectivity index (χ2v) is 6.10. The minimum Gasteiger partial charge on any atom is -0.399 e. The van der Waals surface area contributed by atoms with Gasteiger partial charge in [-0.15, -0.1) is 0 Å². The van der Waals surface area contributed by atoms with E-state index in [0.717, 1.165) is 22.1 Å². The first-order valence-corrected chi connectivity index (χ1v) is 8.47. The average molecular weight is 338 g/mol. The molecule has 0 atom stereocenters. The monoisotopic (exact) mass is 338 g/mol. The lowest BCUT2D eigenvalue weighted by molar-refractivity contribution is 0.0999. The lowest BCUT2D eigenvalue weighted by atomic mass is 10.1. The number of hydrogen-bond acceptors (Lipinski definition) is 2. The Kier molecular flexibility index (Phi) is 4.12. The number of amides is 1. The van der Waals surface area contributed by atoms with Gasteiger partial charge in [-0.05, 0) is 41.8 Å². The normalized spacial score (nSPS) is 10.6. The largest absolute Gasteiger partial charge is 0.399 e. The molecule has 2 N–H and O–H groups in total. The number of carbonyl (C=O) groups is 1. The Hall–Kier alpha value is -3.59. The molecule has 3 heteroatoms. The first kappa shape index (κ1) is 15.9. The van der Waals surface area contributed by atoms with Gasteiger partial charge in [0.25, 0.3) is 5.91 Å². The third kappa shape index (κ3) is 2.91. The molecular formula is C23H18N2O. The van der Waals surface area contributed by atoms with Gasteiger partial charge in [0.05, 0.1) is 5.69 Å². The van der Waals surface area contributed by atoms with Crippen LogP contribution >= 0.6 is 0 Å². The number of anilines is 3. The van der Waals surface area contributed by atoms with Crippen LogP contribution in [0.15, 0.2) is 97.1 Å². The molecule has 0 spiro atoms. The van der Waals surface area contributed by atoms with E-state index in [-0.39, 0.29) is 5.91 Å². The number of nitrogens with two attached hydrogens (primary N) is 1. The van der Waals surface area contributed by atoms with Gasteiger partial charge >= 0.3 is 0 Å².